The van der Waals surface area contributed by atoms with E-state index in [0.29, 0.717) is 6.20 Å². The molecule has 2 aromatic rings. The number of aromatic hydroxyl groups is 1. The minimum atomic E-state index is -4.49. The van der Waals surface area contributed by atoms with Gasteiger partial charge in [0.15, 0.2) is 0 Å². The van der Waals surface area contributed by atoms with E-state index in [4.69, 9.17) is 5.73 Å². The number of benzene rings is 1. The Morgan fingerprint density at radius 2 is 2.00 bits per heavy atom. The predicted octanol–water partition coefficient (Wildman–Crippen LogP) is 2.38. The first-order chi connectivity index (χ1) is 7.88. The fourth-order valence-electron chi connectivity index (χ4n) is 1.35. The summed E-state index contributed by atoms with van der Waals surface area (Å²) in [5.41, 5.74) is 5.08. The first kappa shape index (κ1) is 11.3. The van der Waals surface area contributed by atoms with Crippen molar-refractivity contribution in [2.45, 2.75) is 6.18 Å². The number of hydrogen-bond donors (Lipinski definition) is 3. The van der Waals surface area contributed by atoms with E-state index in [1.54, 1.807) is 0 Å². The number of halogens is 3. The molecule has 0 spiro atoms. The van der Waals surface area contributed by atoms with Crippen LogP contribution in [0.5, 0.6) is 5.75 Å². The van der Waals surface area contributed by atoms with Crippen molar-refractivity contribution in [1.82, 2.24) is 9.97 Å². The number of anilines is 1. The smallest absolute Gasteiger partial charge is 0.432 e. The van der Waals surface area contributed by atoms with E-state index < -0.39 is 11.9 Å². The van der Waals surface area contributed by atoms with E-state index in [0.717, 1.165) is 0 Å². The highest BCUT2D eigenvalue weighted by Gasteiger charge is 2.33. The summed E-state index contributed by atoms with van der Waals surface area (Å²) in [6.07, 6.45) is -3.81. The molecule has 4 N–H and O–H groups in total. The van der Waals surface area contributed by atoms with Gasteiger partial charge < -0.3 is 15.8 Å². The van der Waals surface area contributed by atoms with Crippen LogP contribution in [0.1, 0.15) is 5.69 Å². The van der Waals surface area contributed by atoms with Crippen LogP contribution < -0.4 is 5.73 Å². The normalized spacial score (nSPS) is 11.7. The number of nitrogens with two attached hydrogens (primary N) is 1. The van der Waals surface area contributed by atoms with Crippen LogP contribution >= 0.6 is 0 Å². The number of H-pyrrole nitrogens is 1. The van der Waals surface area contributed by atoms with Gasteiger partial charge in [-0.3, -0.25) is 0 Å². The largest absolute Gasteiger partial charge is 0.508 e. The molecule has 1 heterocycles. The highest BCUT2D eigenvalue weighted by Crippen LogP contribution is 2.32. The highest BCUT2D eigenvalue weighted by atomic mass is 19.4. The number of phenolic OH excluding ortho intramolecular Hbond substituents is 1. The van der Waals surface area contributed by atoms with Crippen molar-refractivity contribution in [3.63, 3.8) is 0 Å². The highest BCUT2D eigenvalue weighted by molar-refractivity contribution is 5.73. The molecule has 0 saturated heterocycles. The molecule has 0 atom stereocenters. The van der Waals surface area contributed by atoms with E-state index in [1.165, 1.54) is 18.2 Å². The van der Waals surface area contributed by atoms with E-state index >= 15 is 0 Å². The number of alkyl halides is 3. The Bertz CT molecular complexity index is 548. The molecular weight excluding hydrogens is 235 g/mol. The number of imidazole rings is 1. The van der Waals surface area contributed by atoms with Crippen LogP contribution in [0.15, 0.2) is 24.4 Å². The maximum absolute atomic E-state index is 12.3. The Labute approximate surface area is 93.9 Å². The van der Waals surface area contributed by atoms with E-state index in [9.17, 15) is 18.3 Å². The lowest BCUT2D eigenvalue weighted by molar-refractivity contribution is -0.140. The number of aromatic nitrogens is 2. The third kappa shape index (κ3) is 2.17. The minimum absolute atomic E-state index is 0.0364. The summed E-state index contributed by atoms with van der Waals surface area (Å²) in [6, 6.07) is 3.97. The Morgan fingerprint density at radius 3 is 2.59 bits per heavy atom. The van der Waals surface area contributed by atoms with Crippen LogP contribution in [0.3, 0.4) is 0 Å². The van der Waals surface area contributed by atoms with Crippen LogP contribution in [0, 0.1) is 0 Å². The summed E-state index contributed by atoms with van der Waals surface area (Å²) >= 11 is 0. The van der Waals surface area contributed by atoms with Gasteiger partial charge in [-0.1, -0.05) is 0 Å². The van der Waals surface area contributed by atoms with E-state index in [2.05, 4.69) is 9.97 Å². The maximum Gasteiger partial charge on any atom is 0.432 e. The number of hydrogen-bond acceptors (Lipinski definition) is 3. The van der Waals surface area contributed by atoms with Crippen LogP contribution in [0.2, 0.25) is 0 Å². The molecule has 2 rings (SSSR count). The molecular formula is C10H8F3N3O. The zero-order chi connectivity index (χ0) is 12.6. The molecule has 0 radical (unpaired) electrons. The fraction of sp³-hybridized carbons (Fsp3) is 0.100. The lowest BCUT2D eigenvalue weighted by atomic mass is 10.1. The molecule has 0 aliphatic heterocycles. The average molecular weight is 243 g/mol. The topological polar surface area (TPSA) is 74.9 Å². The monoisotopic (exact) mass is 243 g/mol. The summed E-state index contributed by atoms with van der Waals surface area (Å²) in [4.78, 5) is 5.70. The quantitative estimate of drug-likeness (QED) is 0.531. The Hall–Kier alpha value is -2.18. The zero-order valence-corrected chi connectivity index (χ0v) is 8.42. The van der Waals surface area contributed by atoms with Gasteiger partial charge in [0.2, 0.25) is 0 Å². The van der Waals surface area contributed by atoms with Gasteiger partial charge in [-0.05, 0) is 18.2 Å². The van der Waals surface area contributed by atoms with Crippen molar-refractivity contribution in [2.75, 3.05) is 5.73 Å². The Balaban J connectivity index is 2.47. The standard InChI is InChI=1S/C10H8F3N3O/c11-10(12,13)8-4-15-9(16-8)6-3-5(17)1-2-7(6)14/h1-4,17H,14H2,(H,15,16). The first-order valence-corrected chi connectivity index (χ1v) is 4.59. The van der Waals surface area contributed by atoms with Crippen molar-refractivity contribution in [1.29, 1.82) is 0 Å². The van der Waals surface area contributed by atoms with Gasteiger partial charge in [-0.25, -0.2) is 4.98 Å². The Morgan fingerprint density at radius 1 is 1.29 bits per heavy atom. The number of nitrogens with zero attached hydrogens (tertiary/aromatic N) is 1. The summed E-state index contributed by atoms with van der Waals surface area (Å²) in [5.74, 6) is -0.134. The fourth-order valence-corrected chi connectivity index (χ4v) is 1.35. The SMILES string of the molecule is Nc1ccc(O)cc1-c1ncc(C(F)(F)F)[nH]1. The van der Waals surface area contributed by atoms with E-state index in [-0.39, 0.29) is 22.8 Å². The van der Waals surface area contributed by atoms with Gasteiger partial charge in [0.1, 0.15) is 17.3 Å². The summed E-state index contributed by atoms with van der Waals surface area (Å²) in [7, 11) is 0. The molecule has 1 aromatic carbocycles. The average Bonchev–Trinajstić information content (AvgIpc) is 2.70. The zero-order valence-electron chi connectivity index (χ0n) is 8.42. The first-order valence-electron chi connectivity index (χ1n) is 4.59. The minimum Gasteiger partial charge on any atom is -0.508 e. The van der Waals surface area contributed by atoms with Crippen molar-refractivity contribution >= 4 is 5.69 Å². The predicted molar refractivity (Wildman–Crippen MR) is 55.1 cm³/mol. The second kappa shape index (κ2) is 3.69. The number of rotatable bonds is 1. The number of nitrogen functional groups attached to an aromatic ring is 1. The van der Waals surface area contributed by atoms with Crippen LogP contribution in [-0.2, 0) is 6.18 Å². The molecule has 7 heteroatoms. The number of phenols is 1. The third-order valence-corrected chi connectivity index (χ3v) is 2.17. The molecule has 0 fully saturated rings. The second-order valence-electron chi connectivity index (χ2n) is 3.41. The van der Waals surface area contributed by atoms with Crippen molar-refractivity contribution in [3.8, 4) is 17.1 Å². The molecule has 0 amide bonds. The lowest BCUT2D eigenvalue weighted by Gasteiger charge is -2.04. The van der Waals surface area contributed by atoms with Crippen molar-refractivity contribution in [3.05, 3.63) is 30.1 Å². The van der Waals surface area contributed by atoms with Crippen molar-refractivity contribution in [2.24, 2.45) is 0 Å². The molecule has 90 valence electrons. The number of aromatic amines is 1. The summed E-state index contributed by atoms with van der Waals surface area (Å²) in [6.45, 7) is 0. The Kier molecular flexibility index (Phi) is 2.45. The van der Waals surface area contributed by atoms with Crippen molar-refractivity contribution < 1.29 is 18.3 Å². The molecule has 4 nitrogen and oxygen atoms in total. The lowest BCUT2D eigenvalue weighted by Crippen LogP contribution is -2.04. The molecule has 0 aliphatic carbocycles. The van der Waals surface area contributed by atoms with Crippen LogP contribution in [-0.4, -0.2) is 15.1 Å². The molecule has 0 saturated carbocycles. The van der Waals surface area contributed by atoms with Crippen LogP contribution in [0.4, 0.5) is 18.9 Å². The van der Waals surface area contributed by atoms with E-state index in [1.807, 2.05) is 0 Å². The van der Waals surface area contributed by atoms with Gasteiger partial charge in [0.25, 0.3) is 0 Å². The molecule has 1 aromatic heterocycles. The number of nitrogens with one attached hydrogen (secondary N) is 1. The summed E-state index contributed by atoms with van der Waals surface area (Å²) in [5, 5.41) is 9.25. The molecule has 0 bridgehead atoms. The molecule has 17 heavy (non-hydrogen) atoms. The maximum atomic E-state index is 12.3. The second-order valence-corrected chi connectivity index (χ2v) is 3.41. The van der Waals surface area contributed by atoms with Gasteiger partial charge in [0.05, 0.1) is 6.20 Å². The molecule has 0 aliphatic rings. The van der Waals surface area contributed by atoms with Gasteiger partial charge in [-0.2, -0.15) is 13.2 Å². The summed E-state index contributed by atoms with van der Waals surface area (Å²) < 4.78 is 37.0. The van der Waals surface area contributed by atoms with Crippen LogP contribution in [0.25, 0.3) is 11.4 Å². The third-order valence-electron chi connectivity index (χ3n) is 2.17. The van der Waals surface area contributed by atoms with Gasteiger partial charge in [-0.15, -0.1) is 0 Å². The van der Waals surface area contributed by atoms with Gasteiger partial charge >= 0.3 is 6.18 Å². The van der Waals surface area contributed by atoms with Gasteiger partial charge in [0, 0.05) is 11.3 Å². The molecule has 0 unspecified atom stereocenters.